The van der Waals surface area contributed by atoms with Gasteiger partial charge in [-0.1, -0.05) is 79.0 Å². The van der Waals surface area contributed by atoms with E-state index < -0.39 is 28.5 Å². The molecule has 0 heterocycles. The van der Waals surface area contributed by atoms with Crippen LogP contribution in [0.15, 0.2) is 71.6 Å². The Morgan fingerprint density at radius 2 is 1.51 bits per heavy atom. The van der Waals surface area contributed by atoms with Crippen molar-refractivity contribution in [3.63, 3.8) is 0 Å². The van der Waals surface area contributed by atoms with E-state index in [0.717, 1.165) is 16.3 Å². The lowest BCUT2D eigenvalue weighted by molar-refractivity contribution is -0.140. The minimum atomic E-state index is -4.19. The van der Waals surface area contributed by atoms with Gasteiger partial charge in [-0.2, -0.15) is 0 Å². The molecule has 0 aromatic heterocycles. The SMILES string of the molecule is CCC(C)NC(=O)C(CC)N(Cc1ccccc1Cl)C(=O)CN(c1cccc(Cl)c1C)S(=O)(=O)c1ccc(C)cc1. The first-order valence-electron chi connectivity index (χ1n) is 13.6. The Kier molecular flexibility index (Phi) is 11.2. The maximum Gasteiger partial charge on any atom is 0.264 e. The molecular formula is C31H37Cl2N3O4S. The molecule has 10 heteroatoms. The number of carbonyl (C=O) groups excluding carboxylic acids is 2. The van der Waals surface area contributed by atoms with Crippen molar-refractivity contribution in [2.45, 2.75) is 71.0 Å². The van der Waals surface area contributed by atoms with Crippen LogP contribution in [0.1, 0.15) is 50.3 Å². The van der Waals surface area contributed by atoms with Crippen LogP contribution < -0.4 is 9.62 Å². The number of carbonyl (C=O) groups is 2. The van der Waals surface area contributed by atoms with Crippen molar-refractivity contribution in [2.75, 3.05) is 10.8 Å². The summed E-state index contributed by atoms with van der Waals surface area (Å²) in [6.45, 7) is 8.71. The topological polar surface area (TPSA) is 86.8 Å². The summed E-state index contributed by atoms with van der Waals surface area (Å²) >= 11 is 12.8. The number of hydrogen-bond acceptors (Lipinski definition) is 4. The van der Waals surface area contributed by atoms with Gasteiger partial charge in [-0.15, -0.1) is 0 Å². The van der Waals surface area contributed by atoms with Crippen LogP contribution in [-0.2, 0) is 26.2 Å². The van der Waals surface area contributed by atoms with Crippen LogP contribution in [0.5, 0.6) is 0 Å². The van der Waals surface area contributed by atoms with Gasteiger partial charge in [0.05, 0.1) is 10.6 Å². The molecule has 0 saturated heterocycles. The maximum atomic E-state index is 14.2. The van der Waals surface area contributed by atoms with Crippen LogP contribution in [0.4, 0.5) is 5.69 Å². The van der Waals surface area contributed by atoms with Crippen molar-refractivity contribution >= 4 is 50.7 Å². The van der Waals surface area contributed by atoms with E-state index in [9.17, 15) is 18.0 Å². The normalized spacial score (nSPS) is 12.9. The molecule has 0 aliphatic rings. The second-order valence-electron chi connectivity index (χ2n) is 10.1. The average Bonchev–Trinajstić information content (AvgIpc) is 2.94. The largest absolute Gasteiger partial charge is 0.352 e. The molecule has 2 atom stereocenters. The predicted molar refractivity (Wildman–Crippen MR) is 166 cm³/mol. The molecule has 0 radical (unpaired) electrons. The highest BCUT2D eigenvalue weighted by atomic mass is 35.5. The zero-order chi connectivity index (χ0) is 30.3. The van der Waals surface area contributed by atoms with Gasteiger partial charge in [0, 0.05) is 22.6 Å². The van der Waals surface area contributed by atoms with E-state index >= 15 is 0 Å². The number of nitrogens with one attached hydrogen (secondary N) is 1. The quantitative estimate of drug-likeness (QED) is 0.250. The molecular weight excluding hydrogens is 581 g/mol. The van der Waals surface area contributed by atoms with E-state index in [1.54, 1.807) is 61.5 Å². The lowest BCUT2D eigenvalue weighted by Gasteiger charge is -2.34. The van der Waals surface area contributed by atoms with Crippen LogP contribution in [0.25, 0.3) is 0 Å². The van der Waals surface area contributed by atoms with Gasteiger partial charge in [0.1, 0.15) is 12.6 Å². The Balaban J connectivity index is 2.11. The van der Waals surface area contributed by atoms with Crippen LogP contribution in [-0.4, -0.2) is 43.8 Å². The summed E-state index contributed by atoms with van der Waals surface area (Å²) in [5, 5.41) is 3.77. The minimum Gasteiger partial charge on any atom is -0.352 e. The fourth-order valence-corrected chi connectivity index (χ4v) is 6.22. The van der Waals surface area contributed by atoms with E-state index in [4.69, 9.17) is 23.2 Å². The summed E-state index contributed by atoms with van der Waals surface area (Å²) in [5.74, 6) is -0.861. The molecule has 220 valence electrons. The molecule has 7 nitrogen and oxygen atoms in total. The van der Waals surface area contributed by atoms with E-state index in [2.05, 4.69) is 5.32 Å². The third kappa shape index (κ3) is 7.82. The molecule has 0 aliphatic heterocycles. The molecule has 3 rings (SSSR count). The minimum absolute atomic E-state index is 0.0257. The van der Waals surface area contributed by atoms with Gasteiger partial charge in [-0.25, -0.2) is 8.42 Å². The second kappa shape index (κ2) is 14.2. The van der Waals surface area contributed by atoms with Crippen molar-refractivity contribution in [3.05, 3.63) is 93.5 Å². The third-order valence-corrected chi connectivity index (χ3v) is 9.63. The highest BCUT2D eigenvalue weighted by Crippen LogP contribution is 2.31. The lowest BCUT2D eigenvalue weighted by atomic mass is 10.1. The number of benzene rings is 3. The molecule has 2 amide bonds. The first kappa shape index (κ1) is 32.4. The van der Waals surface area contributed by atoms with Crippen molar-refractivity contribution in [1.29, 1.82) is 0 Å². The van der Waals surface area contributed by atoms with Crippen molar-refractivity contribution < 1.29 is 18.0 Å². The summed E-state index contributed by atoms with van der Waals surface area (Å²) in [4.78, 5) is 29.0. The van der Waals surface area contributed by atoms with Gasteiger partial charge in [0.25, 0.3) is 10.0 Å². The van der Waals surface area contributed by atoms with Crippen molar-refractivity contribution in [1.82, 2.24) is 10.2 Å². The molecule has 0 bridgehead atoms. The number of amides is 2. The highest BCUT2D eigenvalue weighted by molar-refractivity contribution is 7.92. The fraction of sp³-hybridized carbons (Fsp3) is 0.355. The summed E-state index contributed by atoms with van der Waals surface area (Å²) in [7, 11) is -4.19. The fourth-order valence-electron chi connectivity index (χ4n) is 4.39. The van der Waals surface area contributed by atoms with Gasteiger partial charge in [-0.05, 0) is 75.1 Å². The smallest absolute Gasteiger partial charge is 0.264 e. The van der Waals surface area contributed by atoms with Crippen LogP contribution in [0.2, 0.25) is 10.0 Å². The van der Waals surface area contributed by atoms with Gasteiger partial charge in [-0.3, -0.25) is 13.9 Å². The van der Waals surface area contributed by atoms with Gasteiger partial charge >= 0.3 is 0 Å². The number of anilines is 1. The number of hydrogen-bond donors (Lipinski definition) is 1. The van der Waals surface area contributed by atoms with Crippen LogP contribution in [0.3, 0.4) is 0 Å². The summed E-state index contributed by atoms with van der Waals surface area (Å²) < 4.78 is 29.2. The molecule has 3 aromatic rings. The Hall–Kier alpha value is -3.07. The Morgan fingerprint density at radius 1 is 0.878 bits per heavy atom. The van der Waals surface area contributed by atoms with Crippen LogP contribution in [0, 0.1) is 13.8 Å². The van der Waals surface area contributed by atoms with E-state index in [1.165, 1.54) is 17.0 Å². The van der Waals surface area contributed by atoms with E-state index in [1.807, 2.05) is 27.7 Å². The van der Waals surface area contributed by atoms with Gasteiger partial charge < -0.3 is 10.2 Å². The van der Waals surface area contributed by atoms with Crippen molar-refractivity contribution in [3.8, 4) is 0 Å². The molecule has 0 fully saturated rings. The lowest BCUT2D eigenvalue weighted by Crippen LogP contribution is -2.53. The second-order valence-corrected chi connectivity index (χ2v) is 12.7. The number of sulfonamides is 1. The average molecular weight is 619 g/mol. The summed E-state index contributed by atoms with van der Waals surface area (Å²) in [6.07, 6.45) is 1.04. The van der Waals surface area contributed by atoms with E-state index in [-0.39, 0.29) is 29.1 Å². The molecule has 1 N–H and O–H groups in total. The monoisotopic (exact) mass is 617 g/mol. The van der Waals surface area contributed by atoms with Gasteiger partial charge in [0.15, 0.2) is 0 Å². The number of rotatable bonds is 12. The number of halogens is 2. The Labute approximate surface area is 253 Å². The highest BCUT2D eigenvalue weighted by Gasteiger charge is 2.34. The number of aryl methyl sites for hydroxylation is 1. The zero-order valence-corrected chi connectivity index (χ0v) is 26.4. The third-order valence-electron chi connectivity index (χ3n) is 7.08. The molecule has 3 aromatic carbocycles. The Bertz CT molecular complexity index is 1480. The predicted octanol–water partition coefficient (Wildman–Crippen LogP) is 6.53. The molecule has 2 unspecified atom stereocenters. The molecule has 0 spiro atoms. The first-order chi connectivity index (χ1) is 19.4. The molecule has 0 aliphatic carbocycles. The first-order valence-corrected chi connectivity index (χ1v) is 15.8. The zero-order valence-electron chi connectivity index (χ0n) is 24.0. The Morgan fingerprint density at radius 3 is 2.12 bits per heavy atom. The number of nitrogens with zero attached hydrogens (tertiary/aromatic N) is 2. The standard InChI is InChI=1S/C31H37Cl2N3O4S/c1-6-22(4)34-31(38)28(7-2)35(19-24-11-8-9-12-27(24)33)30(37)20-36(29-14-10-13-26(32)23(29)5)41(39,40)25-17-15-21(3)16-18-25/h8-18,22,28H,6-7,19-20H2,1-5H3,(H,34,38). The van der Waals surface area contributed by atoms with Gasteiger partial charge in [0.2, 0.25) is 11.8 Å². The van der Waals surface area contributed by atoms with Crippen LogP contribution >= 0.6 is 23.2 Å². The summed E-state index contributed by atoms with van der Waals surface area (Å²) in [5.41, 5.74) is 2.33. The molecule has 0 saturated carbocycles. The summed E-state index contributed by atoms with van der Waals surface area (Å²) in [6, 6.07) is 17.5. The maximum absolute atomic E-state index is 14.2. The molecule has 41 heavy (non-hydrogen) atoms. The van der Waals surface area contributed by atoms with E-state index in [0.29, 0.717) is 27.6 Å². The van der Waals surface area contributed by atoms with Crippen molar-refractivity contribution in [2.24, 2.45) is 0 Å².